The number of aromatic amines is 1. The van der Waals surface area contributed by atoms with E-state index >= 15 is 0 Å². The van der Waals surface area contributed by atoms with Crippen molar-refractivity contribution in [2.45, 2.75) is 79.7 Å². The molecule has 0 aliphatic carbocycles. The zero-order valence-corrected chi connectivity index (χ0v) is 20.6. The van der Waals surface area contributed by atoms with Crippen molar-refractivity contribution in [3.05, 3.63) is 51.1 Å². The lowest BCUT2D eigenvalue weighted by Crippen LogP contribution is -2.51. The molecular weight excluding hydrogens is 412 g/mol. The molecule has 0 unspecified atom stereocenters. The van der Waals surface area contributed by atoms with Crippen LogP contribution in [0.3, 0.4) is 0 Å². The van der Waals surface area contributed by atoms with Gasteiger partial charge in [0.15, 0.2) is 5.82 Å². The lowest BCUT2D eigenvalue weighted by atomic mass is 9.93. The number of hydrogen-bond donors (Lipinski definition) is 1. The molecular formula is C23H36N4O5. The summed E-state index contributed by atoms with van der Waals surface area (Å²) in [6.07, 6.45) is 2.34. The number of imide groups is 1. The zero-order valence-electron chi connectivity index (χ0n) is 20.6. The molecule has 1 aliphatic heterocycles. The quantitative estimate of drug-likeness (QED) is 0.619. The van der Waals surface area contributed by atoms with E-state index < -0.39 is 11.2 Å². The van der Waals surface area contributed by atoms with Crippen LogP contribution in [0.15, 0.2) is 38.5 Å². The highest BCUT2D eigenvalue weighted by molar-refractivity contribution is 6.01. The summed E-state index contributed by atoms with van der Waals surface area (Å²) >= 11 is 0. The van der Waals surface area contributed by atoms with E-state index in [0.717, 1.165) is 0 Å². The highest BCUT2D eigenvalue weighted by atomic mass is 16.5. The van der Waals surface area contributed by atoms with Crippen molar-refractivity contribution in [3.8, 4) is 0 Å². The van der Waals surface area contributed by atoms with E-state index in [0.29, 0.717) is 18.8 Å². The Labute approximate surface area is 188 Å². The summed E-state index contributed by atoms with van der Waals surface area (Å²) in [5, 5.41) is 3.54. The first-order chi connectivity index (χ1) is 14.4. The summed E-state index contributed by atoms with van der Waals surface area (Å²) in [4.78, 5) is 47.7. The van der Waals surface area contributed by atoms with Gasteiger partial charge in [-0.25, -0.2) is 4.79 Å². The van der Waals surface area contributed by atoms with Crippen LogP contribution in [0.4, 0.5) is 0 Å². The Hall–Kier alpha value is -2.97. The van der Waals surface area contributed by atoms with E-state index in [9.17, 15) is 19.2 Å². The number of amides is 2. The molecule has 0 radical (unpaired) electrons. The molecule has 0 aromatic carbocycles. The Bertz CT molecular complexity index is 1030. The van der Waals surface area contributed by atoms with Crippen molar-refractivity contribution >= 4 is 11.8 Å². The molecule has 2 aromatic rings. The van der Waals surface area contributed by atoms with Gasteiger partial charge < -0.3 is 4.57 Å². The maximum absolute atomic E-state index is 11.4. The molecule has 2 aromatic heterocycles. The molecule has 0 atom stereocenters. The van der Waals surface area contributed by atoms with E-state index in [1.54, 1.807) is 16.7 Å². The molecule has 178 valence electrons. The number of aromatic nitrogens is 3. The number of β-lactam (4-membered cyclic amide) rings is 1. The molecule has 2 amide bonds. The number of hydrogen-bond acceptors (Lipinski definition) is 6. The minimum absolute atomic E-state index is 0.0371. The fraction of sp³-hybridized carbons (Fsp3) is 0.609. The average Bonchev–Trinajstić information content (AvgIpc) is 3.07. The first-order valence-electron chi connectivity index (χ1n) is 10.5. The largest absolute Gasteiger partial charge is 0.438 e. The van der Waals surface area contributed by atoms with Gasteiger partial charge in [0.05, 0.1) is 0 Å². The molecule has 1 aliphatic rings. The summed E-state index contributed by atoms with van der Waals surface area (Å²) in [6.45, 7) is 17.9. The normalized spacial score (nSPS) is 13.9. The van der Waals surface area contributed by atoms with Crippen LogP contribution in [0.1, 0.15) is 74.6 Å². The standard InChI is InChI=1S/C9H13NO.C8H13NO2.C6H10N2O2/c1-9(2,3)10-7-5-4-6-8(10)11;1-8(2,3)7(11)9-5-4-6(9)10;1-6(2,3)4-7-5(9)10-8-4/h4-7H,1-3H3;4-5H2,1-3H3;1-3H3,(H,7,8,9). The minimum Gasteiger partial charge on any atom is -0.310 e. The van der Waals surface area contributed by atoms with Crippen molar-refractivity contribution in [2.75, 3.05) is 6.54 Å². The van der Waals surface area contributed by atoms with Crippen LogP contribution in [0.2, 0.25) is 0 Å². The van der Waals surface area contributed by atoms with Gasteiger partial charge in [0.1, 0.15) is 0 Å². The number of H-pyrrole nitrogens is 1. The van der Waals surface area contributed by atoms with Crippen molar-refractivity contribution in [3.63, 3.8) is 0 Å². The van der Waals surface area contributed by atoms with Gasteiger partial charge in [-0.1, -0.05) is 52.8 Å². The molecule has 1 saturated heterocycles. The summed E-state index contributed by atoms with van der Waals surface area (Å²) in [5.41, 5.74) is -0.624. The Morgan fingerprint density at radius 1 is 1.00 bits per heavy atom. The highest BCUT2D eigenvalue weighted by Gasteiger charge is 2.36. The lowest BCUT2D eigenvalue weighted by molar-refractivity contribution is -0.157. The predicted molar refractivity (Wildman–Crippen MR) is 122 cm³/mol. The van der Waals surface area contributed by atoms with Crippen LogP contribution >= 0.6 is 0 Å². The van der Waals surface area contributed by atoms with Crippen molar-refractivity contribution in [1.29, 1.82) is 0 Å². The fourth-order valence-corrected chi connectivity index (χ4v) is 2.47. The minimum atomic E-state index is -0.495. The molecule has 3 heterocycles. The van der Waals surface area contributed by atoms with Gasteiger partial charge in [0, 0.05) is 41.6 Å². The molecule has 0 saturated carbocycles. The van der Waals surface area contributed by atoms with Gasteiger partial charge in [-0.3, -0.25) is 28.8 Å². The molecule has 9 nitrogen and oxygen atoms in total. The molecule has 0 spiro atoms. The van der Waals surface area contributed by atoms with Crippen LogP contribution in [0.25, 0.3) is 0 Å². The van der Waals surface area contributed by atoms with Gasteiger partial charge >= 0.3 is 5.76 Å². The summed E-state index contributed by atoms with van der Waals surface area (Å²) in [5.74, 6) is -0.0129. The molecule has 1 N–H and O–H groups in total. The average molecular weight is 449 g/mol. The van der Waals surface area contributed by atoms with Crippen LogP contribution in [-0.4, -0.2) is 38.0 Å². The maximum atomic E-state index is 11.4. The van der Waals surface area contributed by atoms with Gasteiger partial charge in [-0.15, -0.1) is 0 Å². The number of nitrogens with one attached hydrogen (secondary N) is 1. The fourth-order valence-electron chi connectivity index (χ4n) is 2.47. The summed E-state index contributed by atoms with van der Waals surface area (Å²) in [7, 11) is 0. The Morgan fingerprint density at radius 2 is 1.59 bits per heavy atom. The Kier molecular flexibility index (Phi) is 8.54. The van der Waals surface area contributed by atoms with Gasteiger partial charge in [-0.05, 0) is 26.8 Å². The van der Waals surface area contributed by atoms with Crippen LogP contribution in [0, 0.1) is 5.41 Å². The molecule has 9 heteroatoms. The Morgan fingerprint density at radius 3 is 1.81 bits per heavy atom. The number of carbonyl (C=O) groups excluding carboxylic acids is 2. The van der Waals surface area contributed by atoms with Crippen molar-refractivity contribution < 1.29 is 14.1 Å². The second-order valence-corrected chi connectivity index (χ2v) is 10.6. The smallest absolute Gasteiger partial charge is 0.310 e. The van der Waals surface area contributed by atoms with E-state index in [4.69, 9.17) is 0 Å². The first kappa shape index (κ1) is 27.1. The SMILES string of the molecule is CC(C)(C)C(=O)N1CCC1=O.CC(C)(C)c1noc(=O)[nH]1.CC(C)(C)n1ccccc1=O. The Balaban J connectivity index is 0.000000240. The molecule has 3 rings (SSSR count). The van der Waals surface area contributed by atoms with Gasteiger partial charge in [0.2, 0.25) is 11.8 Å². The third-order valence-corrected chi connectivity index (χ3v) is 4.43. The van der Waals surface area contributed by atoms with Crippen molar-refractivity contribution in [2.24, 2.45) is 5.41 Å². The summed E-state index contributed by atoms with van der Waals surface area (Å²) < 4.78 is 6.05. The van der Waals surface area contributed by atoms with E-state index in [1.807, 2.05) is 74.6 Å². The highest BCUT2D eigenvalue weighted by Crippen LogP contribution is 2.21. The van der Waals surface area contributed by atoms with Gasteiger partial charge in [0.25, 0.3) is 5.56 Å². The second kappa shape index (κ2) is 10.1. The maximum Gasteiger partial charge on any atom is 0.438 e. The van der Waals surface area contributed by atoms with Crippen LogP contribution in [-0.2, 0) is 20.5 Å². The van der Waals surface area contributed by atoms with Crippen molar-refractivity contribution in [1.82, 2.24) is 19.6 Å². The second-order valence-electron chi connectivity index (χ2n) is 10.6. The molecule has 1 fully saturated rings. The molecule has 32 heavy (non-hydrogen) atoms. The first-order valence-corrected chi connectivity index (χ1v) is 10.5. The zero-order chi connectivity index (χ0) is 24.9. The summed E-state index contributed by atoms with van der Waals surface area (Å²) in [6, 6.07) is 5.20. The third-order valence-electron chi connectivity index (χ3n) is 4.43. The van der Waals surface area contributed by atoms with E-state index in [1.165, 1.54) is 4.90 Å². The predicted octanol–water partition coefficient (Wildman–Crippen LogP) is 3.06. The lowest BCUT2D eigenvalue weighted by Gasteiger charge is -2.33. The number of pyridine rings is 1. The molecule has 0 bridgehead atoms. The van der Waals surface area contributed by atoms with Crippen LogP contribution in [0.5, 0.6) is 0 Å². The third kappa shape index (κ3) is 7.94. The topological polar surface area (TPSA) is 118 Å². The number of carbonyl (C=O) groups is 2. The monoisotopic (exact) mass is 448 g/mol. The number of nitrogens with zero attached hydrogens (tertiary/aromatic N) is 3. The van der Waals surface area contributed by atoms with Crippen LogP contribution < -0.4 is 11.3 Å². The van der Waals surface area contributed by atoms with E-state index in [-0.39, 0.29) is 28.3 Å². The number of likely N-dealkylation sites (tertiary alicyclic amines) is 1. The number of rotatable bonds is 0. The van der Waals surface area contributed by atoms with Gasteiger partial charge in [-0.2, -0.15) is 0 Å². The van der Waals surface area contributed by atoms with E-state index in [2.05, 4.69) is 14.7 Å².